The maximum Gasteiger partial charge on any atom is 0.119 e. The van der Waals surface area contributed by atoms with Gasteiger partial charge in [-0.2, -0.15) is 0 Å². The first-order valence-electron chi connectivity index (χ1n) is 6.74. The molecule has 0 amide bonds. The van der Waals surface area contributed by atoms with Crippen LogP contribution >= 0.6 is 11.3 Å². The zero-order valence-corrected chi connectivity index (χ0v) is 12.2. The summed E-state index contributed by atoms with van der Waals surface area (Å²) in [6, 6.07) is 11.6. The van der Waals surface area contributed by atoms with Crippen LogP contribution in [-0.4, -0.2) is 7.11 Å². The summed E-state index contributed by atoms with van der Waals surface area (Å²) in [5.41, 5.74) is 2.86. The molecular weight excluding hydrogens is 254 g/mol. The molecule has 1 aromatic carbocycles. The van der Waals surface area contributed by atoms with Gasteiger partial charge in [0.25, 0.3) is 0 Å². The fourth-order valence-corrected chi connectivity index (χ4v) is 3.55. The van der Waals surface area contributed by atoms with Crippen molar-refractivity contribution in [1.82, 2.24) is 5.32 Å². The highest BCUT2D eigenvalue weighted by atomic mass is 32.1. The summed E-state index contributed by atoms with van der Waals surface area (Å²) < 4.78 is 5.34. The van der Waals surface area contributed by atoms with Crippen molar-refractivity contribution in [1.29, 1.82) is 0 Å². The summed E-state index contributed by atoms with van der Waals surface area (Å²) in [5, 5.41) is 5.88. The molecule has 1 aromatic heterocycles. The number of ether oxygens (including phenoxy) is 1. The number of hydrogen-bond acceptors (Lipinski definition) is 3. The first-order valence-corrected chi connectivity index (χ1v) is 7.62. The molecule has 3 rings (SSSR count). The maximum absolute atomic E-state index is 5.34. The summed E-state index contributed by atoms with van der Waals surface area (Å²) in [6.45, 7) is 2.24. The highest BCUT2D eigenvalue weighted by molar-refractivity contribution is 7.10. The molecule has 0 spiro atoms. The minimum absolute atomic E-state index is 0.405. The fourth-order valence-electron chi connectivity index (χ4n) is 2.80. The van der Waals surface area contributed by atoms with Gasteiger partial charge in [0.1, 0.15) is 5.75 Å². The third kappa shape index (κ3) is 2.53. The summed E-state index contributed by atoms with van der Waals surface area (Å²) in [4.78, 5) is 1.40. The lowest BCUT2D eigenvalue weighted by Crippen LogP contribution is -2.22. The molecule has 0 bridgehead atoms. The zero-order chi connectivity index (χ0) is 13.2. The van der Waals surface area contributed by atoms with Crippen LogP contribution in [0.1, 0.15) is 41.4 Å². The number of aryl methyl sites for hydroxylation is 1. The number of hydrogen-bond donors (Lipinski definition) is 1. The molecule has 1 aliphatic carbocycles. The number of rotatable bonds is 4. The van der Waals surface area contributed by atoms with Crippen LogP contribution in [0, 0.1) is 0 Å². The molecule has 0 radical (unpaired) electrons. The first kappa shape index (κ1) is 12.7. The molecule has 2 atom stereocenters. The van der Waals surface area contributed by atoms with E-state index in [2.05, 4.69) is 48.0 Å². The van der Waals surface area contributed by atoms with Crippen LogP contribution in [0.15, 0.2) is 35.7 Å². The molecule has 2 unspecified atom stereocenters. The Bertz CT molecular complexity index is 550. The standard InChI is InChI=1S/C16H19NOS/c1-11(16-4-3-9-19-16)17-15-8-6-12-5-7-13(18-2)10-14(12)15/h3-5,7,9-11,15,17H,6,8H2,1-2H3. The lowest BCUT2D eigenvalue weighted by atomic mass is 10.1. The largest absolute Gasteiger partial charge is 0.497 e. The monoisotopic (exact) mass is 273 g/mol. The van der Waals surface area contributed by atoms with Crippen molar-refractivity contribution in [2.75, 3.05) is 7.11 Å². The van der Waals surface area contributed by atoms with E-state index in [1.54, 1.807) is 7.11 Å². The van der Waals surface area contributed by atoms with Crippen molar-refractivity contribution < 1.29 is 4.74 Å². The van der Waals surface area contributed by atoms with Gasteiger partial charge >= 0.3 is 0 Å². The highest BCUT2D eigenvalue weighted by Gasteiger charge is 2.24. The van der Waals surface area contributed by atoms with E-state index >= 15 is 0 Å². The third-order valence-corrected chi connectivity index (χ3v) is 4.91. The van der Waals surface area contributed by atoms with Crippen molar-refractivity contribution in [2.24, 2.45) is 0 Å². The minimum atomic E-state index is 0.405. The van der Waals surface area contributed by atoms with Gasteiger partial charge in [0.15, 0.2) is 0 Å². The minimum Gasteiger partial charge on any atom is -0.497 e. The van der Waals surface area contributed by atoms with Gasteiger partial charge in [-0.25, -0.2) is 0 Å². The van der Waals surface area contributed by atoms with Crippen LogP contribution in [0.25, 0.3) is 0 Å². The summed E-state index contributed by atoms with van der Waals surface area (Å²) in [6.07, 6.45) is 2.34. The molecule has 1 aliphatic rings. The Morgan fingerprint density at radius 3 is 3.00 bits per heavy atom. The second-order valence-corrected chi connectivity index (χ2v) is 6.04. The average molecular weight is 273 g/mol. The topological polar surface area (TPSA) is 21.3 Å². The van der Waals surface area contributed by atoms with Crippen LogP contribution in [0.2, 0.25) is 0 Å². The molecule has 0 saturated carbocycles. The maximum atomic E-state index is 5.34. The molecule has 1 N–H and O–H groups in total. The zero-order valence-electron chi connectivity index (χ0n) is 11.3. The van der Waals surface area contributed by atoms with E-state index in [9.17, 15) is 0 Å². The molecule has 100 valence electrons. The molecule has 1 heterocycles. The summed E-state index contributed by atoms with van der Waals surface area (Å²) in [7, 11) is 1.73. The van der Waals surface area contributed by atoms with E-state index < -0.39 is 0 Å². The van der Waals surface area contributed by atoms with E-state index in [0.29, 0.717) is 12.1 Å². The lowest BCUT2D eigenvalue weighted by Gasteiger charge is -2.20. The van der Waals surface area contributed by atoms with Crippen molar-refractivity contribution >= 4 is 11.3 Å². The Morgan fingerprint density at radius 1 is 1.37 bits per heavy atom. The van der Waals surface area contributed by atoms with Gasteiger partial charge in [-0.1, -0.05) is 12.1 Å². The molecule has 3 heteroatoms. The van der Waals surface area contributed by atoms with Gasteiger partial charge in [0.05, 0.1) is 7.11 Å². The third-order valence-electron chi connectivity index (χ3n) is 3.85. The van der Waals surface area contributed by atoms with Crippen LogP contribution < -0.4 is 10.1 Å². The van der Waals surface area contributed by atoms with Crippen LogP contribution in [0.3, 0.4) is 0 Å². The molecule has 0 saturated heterocycles. The van der Waals surface area contributed by atoms with E-state index in [1.807, 2.05) is 11.3 Å². The molecule has 0 fully saturated rings. The Kier molecular flexibility index (Phi) is 3.58. The van der Waals surface area contributed by atoms with E-state index in [4.69, 9.17) is 4.74 Å². The Labute approximate surface area is 118 Å². The normalized spacial score (nSPS) is 19.2. The van der Waals surface area contributed by atoms with Gasteiger partial charge in [0, 0.05) is 17.0 Å². The van der Waals surface area contributed by atoms with Gasteiger partial charge in [0.2, 0.25) is 0 Å². The van der Waals surface area contributed by atoms with E-state index in [0.717, 1.165) is 12.2 Å². The fraction of sp³-hybridized carbons (Fsp3) is 0.375. The van der Waals surface area contributed by atoms with Crippen molar-refractivity contribution in [3.63, 3.8) is 0 Å². The lowest BCUT2D eigenvalue weighted by molar-refractivity contribution is 0.412. The number of fused-ring (bicyclic) bond motifs is 1. The molecule has 2 nitrogen and oxygen atoms in total. The van der Waals surface area contributed by atoms with E-state index in [1.165, 1.54) is 22.4 Å². The van der Waals surface area contributed by atoms with Crippen molar-refractivity contribution in [3.05, 3.63) is 51.7 Å². The van der Waals surface area contributed by atoms with Gasteiger partial charge in [-0.05, 0) is 54.5 Å². The Balaban J connectivity index is 1.78. The van der Waals surface area contributed by atoms with Gasteiger partial charge in [-0.15, -0.1) is 11.3 Å². The van der Waals surface area contributed by atoms with Crippen LogP contribution in [-0.2, 0) is 6.42 Å². The number of benzene rings is 1. The van der Waals surface area contributed by atoms with E-state index in [-0.39, 0.29) is 0 Å². The second kappa shape index (κ2) is 5.35. The smallest absolute Gasteiger partial charge is 0.119 e. The number of methoxy groups -OCH3 is 1. The quantitative estimate of drug-likeness (QED) is 0.905. The summed E-state index contributed by atoms with van der Waals surface area (Å²) in [5.74, 6) is 0.955. The number of thiophene rings is 1. The molecule has 2 aromatic rings. The predicted molar refractivity (Wildman–Crippen MR) is 79.9 cm³/mol. The molecule has 0 aliphatic heterocycles. The second-order valence-electron chi connectivity index (χ2n) is 5.06. The predicted octanol–water partition coefficient (Wildman–Crippen LogP) is 4.09. The highest BCUT2D eigenvalue weighted by Crippen LogP contribution is 2.35. The van der Waals surface area contributed by atoms with Crippen molar-refractivity contribution in [3.8, 4) is 5.75 Å². The SMILES string of the molecule is COc1ccc2c(c1)C(NC(C)c1cccs1)CC2. The van der Waals surface area contributed by atoms with Crippen LogP contribution in [0.4, 0.5) is 0 Å². The average Bonchev–Trinajstić information content (AvgIpc) is 3.08. The molecular formula is C16H19NOS. The Morgan fingerprint density at radius 2 is 2.26 bits per heavy atom. The van der Waals surface area contributed by atoms with Crippen LogP contribution in [0.5, 0.6) is 5.75 Å². The van der Waals surface area contributed by atoms with Crippen molar-refractivity contribution in [2.45, 2.75) is 31.8 Å². The van der Waals surface area contributed by atoms with Gasteiger partial charge < -0.3 is 10.1 Å². The first-order chi connectivity index (χ1) is 9.28. The summed E-state index contributed by atoms with van der Waals surface area (Å²) >= 11 is 1.82. The number of nitrogens with one attached hydrogen (secondary N) is 1. The van der Waals surface area contributed by atoms with Gasteiger partial charge in [-0.3, -0.25) is 0 Å². The Hall–Kier alpha value is -1.32. The molecule has 19 heavy (non-hydrogen) atoms.